The molecule has 1 atom stereocenters. The van der Waals surface area contributed by atoms with E-state index in [2.05, 4.69) is 15.6 Å². The third-order valence-electron chi connectivity index (χ3n) is 5.60. The minimum atomic E-state index is -0.716. The zero-order valence-corrected chi connectivity index (χ0v) is 16.8. The number of nitrogens with zero attached hydrogens (tertiary/aromatic N) is 2. The van der Waals surface area contributed by atoms with E-state index in [-0.39, 0.29) is 30.2 Å². The smallest absolute Gasteiger partial charge is 0.254 e. The van der Waals surface area contributed by atoms with Crippen LogP contribution < -0.4 is 10.6 Å². The van der Waals surface area contributed by atoms with Gasteiger partial charge in [0, 0.05) is 30.3 Å². The van der Waals surface area contributed by atoms with E-state index in [0.717, 1.165) is 12.8 Å². The second-order valence-corrected chi connectivity index (χ2v) is 7.91. The van der Waals surface area contributed by atoms with Crippen molar-refractivity contribution in [3.63, 3.8) is 0 Å². The molecule has 1 aromatic heterocycles. The van der Waals surface area contributed by atoms with Crippen molar-refractivity contribution in [3.05, 3.63) is 65.5 Å². The van der Waals surface area contributed by atoms with Gasteiger partial charge >= 0.3 is 0 Å². The Hall–Kier alpha value is -3.68. The summed E-state index contributed by atoms with van der Waals surface area (Å²) >= 11 is 0. The molecule has 1 saturated carbocycles. The number of hydrogen-bond acceptors (Lipinski definition) is 5. The van der Waals surface area contributed by atoms with Gasteiger partial charge in [0.2, 0.25) is 5.91 Å². The van der Waals surface area contributed by atoms with E-state index in [0.29, 0.717) is 41.2 Å². The van der Waals surface area contributed by atoms with Gasteiger partial charge in [0.25, 0.3) is 11.8 Å². The number of carbonyl (C=O) groups excluding carboxylic acids is 3. The van der Waals surface area contributed by atoms with Gasteiger partial charge in [-0.2, -0.15) is 0 Å². The number of carbonyl (C=O) groups is 3. The highest BCUT2D eigenvalue weighted by Gasteiger charge is 2.35. The van der Waals surface area contributed by atoms with Crippen LogP contribution in [0.2, 0.25) is 0 Å². The second kappa shape index (κ2) is 7.86. The summed E-state index contributed by atoms with van der Waals surface area (Å²) in [5.41, 5.74) is 2.31. The Labute approximate surface area is 178 Å². The molecule has 1 aliphatic heterocycles. The third kappa shape index (κ3) is 4.01. The lowest BCUT2D eigenvalue weighted by atomic mass is 10.1. The van der Waals surface area contributed by atoms with Crippen LogP contribution in [0, 0.1) is 0 Å². The summed E-state index contributed by atoms with van der Waals surface area (Å²) in [6.07, 6.45) is 2.22. The molecule has 0 unspecified atom stereocenters. The fourth-order valence-electron chi connectivity index (χ4n) is 3.76. The molecule has 0 radical (unpaired) electrons. The second-order valence-electron chi connectivity index (χ2n) is 7.91. The van der Waals surface area contributed by atoms with Crippen molar-refractivity contribution in [2.24, 2.45) is 0 Å². The first-order chi connectivity index (χ1) is 15.1. The summed E-state index contributed by atoms with van der Waals surface area (Å²) < 4.78 is 5.76. The van der Waals surface area contributed by atoms with Crippen molar-refractivity contribution in [3.8, 4) is 0 Å². The van der Waals surface area contributed by atoms with Crippen molar-refractivity contribution in [1.82, 2.24) is 20.5 Å². The predicted octanol–water partition coefficient (Wildman–Crippen LogP) is 1.90. The Morgan fingerprint density at radius 2 is 1.84 bits per heavy atom. The lowest BCUT2D eigenvalue weighted by molar-refractivity contribution is -0.127. The molecule has 2 N–H and O–H groups in total. The Kier molecular flexibility index (Phi) is 4.89. The Morgan fingerprint density at radius 3 is 2.58 bits per heavy atom. The van der Waals surface area contributed by atoms with Gasteiger partial charge in [0.1, 0.15) is 11.6 Å². The van der Waals surface area contributed by atoms with Crippen LogP contribution in [0.5, 0.6) is 0 Å². The van der Waals surface area contributed by atoms with E-state index < -0.39 is 6.04 Å². The standard InChI is InChI=1S/C23H22N4O4/c28-21(25-16-9-10-16)14-5-7-15(8-6-14)23(30)27-12-11-24-22(29)18(27)13-20-26-17-3-1-2-4-19(17)31-20/h1-8,16,18H,9-13H2,(H,24,29)(H,25,28)/t18-/m0/s1. The zero-order valence-electron chi connectivity index (χ0n) is 16.8. The number of nitrogens with one attached hydrogen (secondary N) is 2. The van der Waals surface area contributed by atoms with Gasteiger partial charge in [-0.25, -0.2) is 4.98 Å². The molecule has 8 heteroatoms. The summed E-state index contributed by atoms with van der Waals surface area (Å²) in [5, 5.41) is 5.74. The van der Waals surface area contributed by atoms with Crippen LogP contribution in [0.4, 0.5) is 0 Å². The number of piperazine rings is 1. The number of aromatic nitrogens is 1. The van der Waals surface area contributed by atoms with Gasteiger partial charge in [-0.15, -0.1) is 0 Å². The normalized spacial score (nSPS) is 18.6. The van der Waals surface area contributed by atoms with E-state index in [1.165, 1.54) is 0 Å². The number of fused-ring (bicyclic) bond motifs is 1. The molecule has 5 rings (SSSR count). The number of oxazole rings is 1. The Bertz CT molecular complexity index is 1120. The molecule has 2 fully saturated rings. The van der Waals surface area contributed by atoms with Crippen LogP contribution in [0.25, 0.3) is 11.1 Å². The number of para-hydroxylation sites is 2. The maximum Gasteiger partial charge on any atom is 0.254 e. The molecule has 1 saturated heterocycles. The molecule has 3 amide bonds. The fraction of sp³-hybridized carbons (Fsp3) is 0.304. The van der Waals surface area contributed by atoms with Crippen molar-refractivity contribution in [2.75, 3.05) is 13.1 Å². The van der Waals surface area contributed by atoms with Crippen molar-refractivity contribution < 1.29 is 18.8 Å². The van der Waals surface area contributed by atoms with Crippen LogP contribution in [0.1, 0.15) is 39.4 Å². The number of rotatable bonds is 5. The van der Waals surface area contributed by atoms with Gasteiger partial charge in [0.05, 0.1) is 6.42 Å². The predicted molar refractivity (Wildman–Crippen MR) is 112 cm³/mol. The first-order valence-electron chi connectivity index (χ1n) is 10.4. The minimum Gasteiger partial charge on any atom is -0.441 e. The van der Waals surface area contributed by atoms with E-state index in [1.807, 2.05) is 24.3 Å². The third-order valence-corrected chi connectivity index (χ3v) is 5.60. The molecule has 2 heterocycles. The molecule has 8 nitrogen and oxygen atoms in total. The molecule has 31 heavy (non-hydrogen) atoms. The van der Waals surface area contributed by atoms with Crippen molar-refractivity contribution in [2.45, 2.75) is 31.3 Å². The number of amides is 3. The Morgan fingerprint density at radius 1 is 1.10 bits per heavy atom. The molecule has 1 aliphatic carbocycles. The van der Waals surface area contributed by atoms with E-state index in [4.69, 9.17) is 4.42 Å². The van der Waals surface area contributed by atoms with Crippen molar-refractivity contribution in [1.29, 1.82) is 0 Å². The van der Waals surface area contributed by atoms with Crippen LogP contribution in [-0.2, 0) is 11.2 Å². The van der Waals surface area contributed by atoms with Gasteiger partial charge in [-0.3, -0.25) is 14.4 Å². The lowest BCUT2D eigenvalue weighted by Crippen LogP contribution is -2.58. The SMILES string of the molecule is O=C(NC1CC1)c1ccc(C(=O)N2CCNC(=O)[C@@H]2Cc2nc3ccccc3o2)cc1. The lowest BCUT2D eigenvalue weighted by Gasteiger charge is -2.34. The molecule has 158 valence electrons. The molecule has 0 spiro atoms. The zero-order chi connectivity index (χ0) is 21.4. The largest absolute Gasteiger partial charge is 0.441 e. The Balaban J connectivity index is 1.34. The summed E-state index contributed by atoms with van der Waals surface area (Å²) in [7, 11) is 0. The van der Waals surface area contributed by atoms with E-state index >= 15 is 0 Å². The summed E-state index contributed by atoms with van der Waals surface area (Å²) in [6, 6.07) is 13.5. The minimum absolute atomic E-state index is 0.132. The van der Waals surface area contributed by atoms with Gasteiger partial charge in [-0.05, 0) is 49.2 Å². The summed E-state index contributed by atoms with van der Waals surface area (Å²) in [5.74, 6) is -0.215. The maximum absolute atomic E-state index is 13.2. The quantitative estimate of drug-likeness (QED) is 0.659. The number of hydrogen-bond donors (Lipinski definition) is 2. The molecule has 3 aromatic rings. The maximum atomic E-state index is 13.2. The molecular weight excluding hydrogens is 396 g/mol. The monoisotopic (exact) mass is 418 g/mol. The van der Waals surface area contributed by atoms with Crippen molar-refractivity contribution >= 4 is 28.8 Å². The van der Waals surface area contributed by atoms with E-state index in [1.54, 1.807) is 29.2 Å². The number of benzene rings is 2. The highest BCUT2D eigenvalue weighted by molar-refractivity contribution is 6.00. The first-order valence-corrected chi connectivity index (χ1v) is 10.4. The molecule has 2 aromatic carbocycles. The molecular formula is C23H22N4O4. The fourth-order valence-corrected chi connectivity index (χ4v) is 3.76. The van der Waals surface area contributed by atoms with E-state index in [9.17, 15) is 14.4 Å². The van der Waals surface area contributed by atoms with Crippen LogP contribution in [0.15, 0.2) is 52.9 Å². The van der Waals surface area contributed by atoms with Gasteiger partial charge < -0.3 is 20.0 Å². The summed E-state index contributed by atoms with van der Waals surface area (Å²) in [4.78, 5) is 43.9. The summed E-state index contributed by atoms with van der Waals surface area (Å²) in [6.45, 7) is 0.774. The highest BCUT2D eigenvalue weighted by atomic mass is 16.3. The topological polar surface area (TPSA) is 105 Å². The average Bonchev–Trinajstić information content (AvgIpc) is 3.50. The van der Waals surface area contributed by atoms with Gasteiger partial charge in [-0.1, -0.05) is 12.1 Å². The first kappa shape index (κ1) is 19.3. The van der Waals surface area contributed by atoms with Crippen LogP contribution >= 0.6 is 0 Å². The van der Waals surface area contributed by atoms with Gasteiger partial charge in [0.15, 0.2) is 11.5 Å². The van der Waals surface area contributed by atoms with Crippen LogP contribution in [0.3, 0.4) is 0 Å². The molecule has 2 aliphatic rings. The molecule has 0 bridgehead atoms. The van der Waals surface area contributed by atoms with Crippen LogP contribution in [-0.4, -0.2) is 52.8 Å². The average molecular weight is 418 g/mol. The highest BCUT2D eigenvalue weighted by Crippen LogP contribution is 2.21.